The Morgan fingerprint density at radius 2 is 1.68 bits per heavy atom. The van der Waals surface area contributed by atoms with Gasteiger partial charge in [-0.3, -0.25) is 9.69 Å². The second-order valence-corrected chi connectivity index (χ2v) is 9.64. The third-order valence-electron chi connectivity index (χ3n) is 6.28. The molecule has 1 aromatic heterocycles. The van der Waals surface area contributed by atoms with Gasteiger partial charge < -0.3 is 24.3 Å². The number of carbonyl (C=O) groups excluding carboxylic acids is 2. The van der Waals surface area contributed by atoms with Crippen LogP contribution < -0.4 is 5.32 Å². The Morgan fingerprint density at radius 1 is 0.974 bits per heavy atom. The zero-order valence-corrected chi connectivity index (χ0v) is 22.1. The largest absolute Gasteiger partial charge is 0.464 e. The summed E-state index contributed by atoms with van der Waals surface area (Å²) in [6, 6.07) is 16.1. The molecule has 3 aromatic rings. The molecule has 1 aliphatic rings. The molecule has 2 aromatic carbocycles. The topological polar surface area (TPSA) is 78.3 Å². The molecule has 0 saturated carbocycles. The number of carbonyl (C=O) groups is 2. The fraction of sp³-hybridized carbons (Fsp3) is 0.357. The number of rotatable bonds is 10. The third kappa shape index (κ3) is 8.31. The number of nitrogens with one attached hydrogen (secondary N) is 1. The number of furan rings is 1. The molecule has 0 aliphatic carbocycles. The highest BCUT2D eigenvalue weighted by Crippen LogP contribution is 2.16. The zero-order chi connectivity index (χ0) is 26.9. The summed E-state index contributed by atoms with van der Waals surface area (Å²) >= 11 is 5.98. The minimum absolute atomic E-state index is 0.134. The van der Waals surface area contributed by atoms with Crippen molar-refractivity contribution in [3.8, 4) is 0 Å². The molecule has 3 amide bonds. The summed E-state index contributed by atoms with van der Waals surface area (Å²) in [5, 5.41) is 3.43. The first-order valence-electron chi connectivity index (χ1n) is 12.5. The highest BCUT2D eigenvalue weighted by atomic mass is 35.5. The number of hydrogen-bond acceptors (Lipinski definition) is 5. The number of hydrogen-bond donors (Lipinski definition) is 1. The van der Waals surface area contributed by atoms with Crippen molar-refractivity contribution in [1.82, 2.24) is 14.7 Å². The van der Waals surface area contributed by atoms with Gasteiger partial charge in [0.15, 0.2) is 0 Å². The normalized spacial score (nSPS) is 13.8. The highest BCUT2D eigenvalue weighted by Gasteiger charge is 2.24. The van der Waals surface area contributed by atoms with E-state index in [1.807, 2.05) is 19.1 Å². The molecule has 0 unspecified atom stereocenters. The third-order valence-corrected chi connectivity index (χ3v) is 6.53. The molecule has 0 atom stereocenters. The molecule has 0 spiro atoms. The molecule has 202 valence electrons. The SMILES string of the molecule is Cc1ccc(CN(Cc2ccc(F)cc2)C(=O)CN(CCN2CCOCC2)C(=O)Nc2ccc(Cl)cc2)o1. The summed E-state index contributed by atoms with van der Waals surface area (Å²) in [4.78, 5) is 32.3. The van der Waals surface area contributed by atoms with Crippen LogP contribution in [0.15, 0.2) is 65.1 Å². The Bertz CT molecular complexity index is 1200. The van der Waals surface area contributed by atoms with Crippen molar-refractivity contribution in [1.29, 1.82) is 0 Å². The molecular weight excluding hydrogens is 511 g/mol. The van der Waals surface area contributed by atoms with Gasteiger partial charge in [0.05, 0.1) is 19.8 Å². The quantitative estimate of drug-likeness (QED) is 0.399. The van der Waals surface area contributed by atoms with Crippen molar-refractivity contribution in [3.63, 3.8) is 0 Å². The van der Waals surface area contributed by atoms with E-state index in [0.29, 0.717) is 42.8 Å². The number of halogens is 2. The van der Waals surface area contributed by atoms with Crippen LogP contribution in [0.4, 0.5) is 14.9 Å². The predicted octanol–water partition coefficient (Wildman–Crippen LogP) is 4.78. The van der Waals surface area contributed by atoms with Gasteiger partial charge in [-0.2, -0.15) is 0 Å². The van der Waals surface area contributed by atoms with E-state index >= 15 is 0 Å². The van der Waals surface area contributed by atoms with E-state index in [-0.39, 0.29) is 37.4 Å². The summed E-state index contributed by atoms with van der Waals surface area (Å²) < 4.78 is 24.6. The maximum absolute atomic E-state index is 13.6. The van der Waals surface area contributed by atoms with E-state index in [1.54, 1.807) is 41.3 Å². The minimum atomic E-state index is -0.385. The van der Waals surface area contributed by atoms with E-state index in [0.717, 1.165) is 24.4 Å². The van der Waals surface area contributed by atoms with Crippen LogP contribution in [0.1, 0.15) is 17.1 Å². The Balaban J connectivity index is 1.49. The van der Waals surface area contributed by atoms with Gasteiger partial charge in [0.2, 0.25) is 5.91 Å². The molecule has 38 heavy (non-hydrogen) atoms. The lowest BCUT2D eigenvalue weighted by molar-refractivity contribution is -0.133. The van der Waals surface area contributed by atoms with E-state index in [4.69, 9.17) is 20.8 Å². The molecule has 1 fully saturated rings. The molecule has 0 bridgehead atoms. The number of urea groups is 1. The van der Waals surface area contributed by atoms with Crippen molar-refractivity contribution in [2.45, 2.75) is 20.0 Å². The standard InChI is InChI=1S/C28H32ClFN4O4/c1-21-2-11-26(38-21)19-34(18-22-3-7-24(30)8-4-22)27(35)20-33(13-12-32-14-16-37-17-15-32)28(36)31-25-9-5-23(29)6-10-25/h2-11H,12-20H2,1H3,(H,31,36). The number of anilines is 1. The number of morpholine rings is 1. The lowest BCUT2D eigenvalue weighted by atomic mass is 10.2. The van der Waals surface area contributed by atoms with Gasteiger partial charge in [0, 0.05) is 43.4 Å². The van der Waals surface area contributed by atoms with Crippen LogP contribution in [0.25, 0.3) is 0 Å². The Morgan fingerprint density at radius 3 is 2.34 bits per heavy atom. The van der Waals surface area contributed by atoms with Crippen molar-refractivity contribution >= 4 is 29.2 Å². The van der Waals surface area contributed by atoms with Gasteiger partial charge in [-0.1, -0.05) is 23.7 Å². The second-order valence-electron chi connectivity index (χ2n) is 9.20. The van der Waals surface area contributed by atoms with Crippen LogP contribution in [-0.4, -0.2) is 72.6 Å². The number of nitrogens with zero attached hydrogens (tertiary/aromatic N) is 3. The maximum atomic E-state index is 13.6. The van der Waals surface area contributed by atoms with Crippen molar-refractivity contribution in [2.75, 3.05) is 51.3 Å². The van der Waals surface area contributed by atoms with Crippen molar-refractivity contribution < 1.29 is 23.1 Å². The molecule has 2 heterocycles. The van der Waals surface area contributed by atoms with Crippen LogP contribution in [0.2, 0.25) is 5.02 Å². The number of benzene rings is 2. The average Bonchev–Trinajstić information content (AvgIpc) is 3.33. The predicted molar refractivity (Wildman–Crippen MR) is 143 cm³/mol. The molecule has 8 nitrogen and oxygen atoms in total. The van der Waals surface area contributed by atoms with E-state index < -0.39 is 0 Å². The zero-order valence-electron chi connectivity index (χ0n) is 21.4. The Kier molecular flexibility index (Phi) is 9.75. The summed E-state index contributed by atoms with van der Waals surface area (Å²) in [6.45, 7) is 5.97. The van der Waals surface area contributed by atoms with Gasteiger partial charge in [0.1, 0.15) is 23.9 Å². The van der Waals surface area contributed by atoms with Gasteiger partial charge in [-0.05, 0) is 61.0 Å². The van der Waals surface area contributed by atoms with Crippen molar-refractivity contribution in [2.24, 2.45) is 0 Å². The molecular formula is C28H32ClFN4O4. The van der Waals surface area contributed by atoms with E-state index in [1.165, 1.54) is 17.0 Å². The Hall–Kier alpha value is -3.40. The van der Waals surface area contributed by atoms with Gasteiger partial charge >= 0.3 is 6.03 Å². The number of ether oxygens (including phenoxy) is 1. The number of aryl methyl sites for hydroxylation is 1. The van der Waals surface area contributed by atoms with Crippen LogP contribution in [0.3, 0.4) is 0 Å². The molecule has 0 radical (unpaired) electrons. The lowest BCUT2D eigenvalue weighted by Gasteiger charge is -2.31. The smallest absolute Gasteiger partial charge is 0.322 e. The molecule has 10 heteroatoms. The van der Waals surface area contributed by atoms with Crippen LogP contribution in [0.5, 0.6) is 0 Å². The second kappa shape index (κ2) is 13.4. The first kappa shape index (κ1) is 27.6. The maximum Gasteiger partial charge on any atom is 0.322 e. The van der Waals surface area contributed by atoms with E-state index in [2.05, 4.69) is 10.2 Å². The average molecular weight is 543 g/mol. The highest BCUT2D eigenvalue weighted by molar-refractivity contribution is 6.30. The van der Waals surface area contributed by atoms with Gasteiger partial charge in [-0.15, -0.1) is 0 Å². The van der Waals surface area contributed by atoms with Crippen LogP contribution in [-0.2, 0) is 22.6 Å². The summed E-state index contributed by atoms with van der Waals surface area (Å²) in [5.74, 6) is 0.769. The van der Waals surface area contributed by atoms with Crippen LogP contribution >= 0.6 is 11.6 Å². The monoisotopic (exact) mass is 542 g/mol. The fourth-order valence-corrected chi connectivity index (χ4v) is 4.26. The summed E-state index contributed by atoms with van der Waals surface area (Å²) in [7, 11) is 0. The fourth-order valence-electron chi connectivity index (χ4n) is 4.14. The van der Waals surface area contributed by atoms with Gasteiger partial charge in [0.25, 0.3) is 0 Å². The van der Waals surface area contributed by atoms with Crippen molar-refractivity contribution in [3.05, 3.63) is 88.6 Å². The van der Waals surface area contributed by atoms with E-state index in [9.17, 15) is 14.0 Å². The molecule has 1 saturated heterocycles. The molecule has 1 N–H and O–H groups in total. The van der Waals surface area contributed by atoms with Gasteiger partial charge in [-0.25, -0.2) is 9.18 Å². The molecule has 4 rings (SSSR count). The minimum Gasteiger partial charge on any atom is -0.464 e. The first-order valence-corrected chi connectivity index (χ1v) is 12.9. The Labute approximate surface area is 226 Å². The number of amides is 3. The summed E-state index contributed by atoms with van der Waals surface area (Å²) in [6.07, 6.45) is 0. The van der Waals surface area contributed by atoms with Crippen LogP contribution in [0, 0.1) is 12.7 Å². The first-order chi connectivity index (χ1) is 18.4. The molecule has 1 aliphatic heterocycles. The summed E-state index contributed by atoms with van der Waals surface area (Å²) in [5.41, 5.74) is 1.35. The lowest BCUT2D eigenvalue weighted by Crippen LogP contribution is -2.48.